The molecule has 78 valence electrons. The zero-order valence-corrected chi connectivity index (χ0v) is 9.87. The molecular weight excluding hydrogens is 197 g/mol. The predicted octanol–water partition coefficient (Wildman–Crippen LogP) is 3.84. The average molecular weight is 213 g/mol. The van der Waals surface area contributed by atoms with E-state index in [0.29, 0.717) is 10.5 Å². The molecule has 1 aromatic carbocycles. The number of halogens is 1. The van der Waals surface area contributed by atoms with Crippen LogP contribution in [0.5, 0.6) is 0 Å². The SMILES string of the molecule is CC.CC(=N)c1c(F)cc(C)cc1S. The molecule has 0 unspecified atom stereocenters. The van der Waals surface area contributed by atoms with Crippen molar-refractivity contribution in [2.45, 2.75) is 32.6 Å². The van der Waals surface area contributed by atoms with Crippen LogP contribution >= 0.6 is 12.6 Å². The Bertz CT molecular complexity index is 311. The fourth-order valence-electron chi connectivity index (χ4n) is 1.10. The van der Waals surface area contributed by atoms with Crippen molar-refractivity contribution < 1.29 is 4.39 Å². The van der Waals surface area contributed by atoms with E-state index in [9.17, 15) is 4.39 Å². The lowest BCUT2D eigenvalue weighted by molar-refractivity contribution is 0.620. The van der Waals surface area contributed by atoms with Gasteiger partial charge in [0.15, 0.2) is 0 Å². The second-order valence-corrected chi connectivity index (χ2v) is 3.25. The van der Waals surface area contributed by atoms with Crippen LogP contribution < -0.4 is 0 Å². The number of thiol groups is 1. The molecular formula is C11H16FNS. The first-order chi connectivity index (χ1) is 6.52. The third-order valence-corrected chi connectivity index (χ3v) is 1.94. The minimum Gasteiger partial charge on any atom is -0.305 e. The number of benzene rings is 1. The summed E-state index contributed by atoms with van der Waals surface area (Å²) in [6, 6.07) is 3.16. The Balaban J connectivity index is 0.000000791. The summed E-state index contributed by atoms with van der Waals surface area (Å²) < 4.78 is 13.2. The van der Waals surface area contributed by atoms with E-state index in [0.717, 1.165) is 5.56 Å². The highest BCUT2D eigenvalue weighted by molar-refractivity contribution is 7.80. The van der Waals surface area contributed by atoms with Gasteiger partial charge in [-0.1, -0.05) is 13.8 Å². The van der Waals surface area contributed by atoms with Crippen LogP contribution in [0, 0.1) is 18.2 Å². The Morgan fingerprint density at radius 1 is 1.36 bits per heavy atom. The van der Waals surface area contributed by atoms with Gasteiger partial charge >= 0.3 is 0 Å². The number of rotatable bonds is 1. The normalized spacial score (nSPS) is 9.00. The molecule has 1 N–H and O–H groups in total. The summed E-state index contributed by atoms with van der Waals surface area (Å²) in [7, 11) is 0. The standard InChI is InChI=1S/C9H10FNS.C2H6/c1-5-3-7(10)9(6(2)11)8(12)4-5;1-2/h3-4,11-12H,1-2H3;1-2H3. The van der Waals surface area contributed by atoms with Gasteiger partial charge in [-0.25, -0.2) is 4.39 Å². The van der Waals surface area contributed by atoms with Crippen LogP contribution in [0.3, 0.4) is 0 Å². The zero-order valence-electron chi connectivity index (χ0n) is 8.98. The van der Waals surface area contributed by atoms with Crippen LogP contribution in [-0.2, 0) is 0 Å². The van der Waals surface area contributed by atoms with Crippen LogP contribution in [0.4, 0.5) is 4.39 Å². The highest BCUT2D eigenvalue weighted by Crippen LogP contribution is 2.19. The number of aryl methyl sites for hydroxylation is 1. The maximum Gasteiger partial charge on any atom is 0.133 e. The molecule has 0 saturated heterocycles. The molecule has 14 heavy (non-hydrogen) atoms. The van der Waals surface area contributed by atoms with Gasteiger partial charge in [-0.15, -0.1) is 12.6 Å². The fraction of sp³-hybridized carbons (Fsp3) is 0.364. The van der Waals surface area contributed by atoms with Crippen molar-refractivity contribution in [1.29, 1.82) is 5.41 Å². The highest BCUT2D eigenvalue weighted by atomic mass is 32.1. The number of hydrogen-bond acceptors (Lipinski definition) is 2. The fourth-order valence-corrected chi connectivity index (χ4v) is 1.57. The molecule has 1 aromatic rings. The van der Waals surface area contributed by atoms with E-state index in [2.05, 4.69) is 12.6 Å². The summed E-state index contributed by atoms with van der Waals surface area (Å²) in [6.45, 7) is 7.35. The topological polar surface area (TPSA) is 23.9 Å². The van der Waals surface area contributed by atoms with E-state index < -0.39 is 0 Å². The molecule has 0 heterocycles. The molecule has 0 radical (unpaired) electrons. The second kappa shape index (κ2) is 5.81. The third kappa shape index (κ3) is 3.14. The van der Waals surface area contributed by atoms with Gasteiger partial charge in [-0.3, -0.25) is 0 Å². The predicted molar refractivity (Wildman–Crippen MR) is 62.2 cm³/mol. The summed E-state index contributed by atoms with van der Waals surface area (Å²) in [5, 5.41) is 7.30. The Labute approximate surface area is 90.3 Å². The summed E-state index contributed by atoms with van der Waals surface area (Å²) in [6.07, 6.45) is 0. The lowest BCUT2D eigenvalue weighted by Crippen LogP contribution is -1.99. The molecule has 0 fully saturated rings. The third-order valence-electron chi connectivity index (χ3n) is 1.59. The van der Waals surface area contributed by atoms with Gasteiger partial charge in [0.2, 0.25) is 0 Å². The molecule has 1 nitrogen and oxygen atoms in total. The maximum atomic E-state index is 13.2. The Morgan fingerprint density at radius 2 is 1.86 bits per heavy atom. The molecule has 1 rings (SSSR count). The summed E-state index contributed by atoms with van der Waals surface area (Å²) in [4.78, 5) is 0.528. The van der Waals surface area contributed by atoms with Crippen LogP contribution in [-0.4, -0.2) is 5.71 Å². The molecule has 0 aliphatic rings. The van der Waals surface area contributed by atoms with Gasteiger partial charge in [0, 0.05) is 16.2 Å². The van der Waals surface area contributed by atoms with Crippen molar-refractivity contribution in [2.24, 2.45) is 0 Å². The minimum absolute atomic E-state index is 0.206. The van der Waals surface area contributed by atoms with Crippen molar-refractivity contribution in [2.75, 3.05) is 0 Å². The van der Waals surface area contributed by atoms with Crippen molar-refractivity contribution in [3.05, 3.63) is 29.1 Å². The monoisotopic (exact) mass is 213 g/mol. The average Bonchev–Trinajstić information content (AvgIpc) is 2.04. The number of hydrogen-bond donors (Lipinski definition) is 2. The Morgan fingerprint density at radius 3 is 2.21 bits per heavy atom. The summed E-state index contributed by atoms with van der Waals surface area (Å²) in [5.41, 5.74) is 1.32. The van der Waals surface area contributed by atoms with Gasteiger partial charge in [0.05, 0.1) is 0 Å². The van der Waals surface area contributed by atoms with Gasteiger partial charge in [-0.05, 0) is 31.5 Å². The van der Waals surface area contributed by atoms with Crippen molar-refractivity contribution in [3.8, 4) is 0 Å². The Kier molecular flexibility index (Phi) is 5.46. The highest BCUT2D eigenvalue weighted by Gasteiger charge is 2.08. The molecule has 0 spiro atoms. The summed E-state index contributed by atoms with van der Waals surface area (Å²) >= 11 is 4.10. The molecule has 0 saturated carbocycles. The quantitative estimate of drug-likeness (QED) is 0.523. The van der Waals surface area contributed by atoms with E-state index >= 15 is 0 Å². The Hall–Kier alpha value is -0.830. The molecule has 0 aliphatic carbocycles. The summed E-state index contributed by atoms with van der Waals surface area (Å²) in [5.74, 6) is -0.368. The smallest absolute Gasteiger partial charge is 0.133 e. The van der Waals surface area contributed by atoms with Gasteiger partial charge in [0.1, 0.15) is 5.82 Å². The van der Waals surface area contributed by atoms with Crippen molar-refractivity contribution >= 4 is 18.3 Å². The molecule has 0 atom stereocenters. The minimum atomic E-state index is -0.368. The second-order valence-electron chi connectivity index (χ2n) is 2.77. The molecule has 0 aromatic heterocycles. The van der Waals surface area contributed by atoms with Crippen LogP contribution in [0.1, 0.15) is 31.9 Å². The lowest BCUT2D eigenvalue weighted by Gasteiger charge is -2.05. The maximum absolute atomic E-state index is 13.2. The molecule has 0 bridgehead atoms. The van der Waals surface area contributed by atoms with E-state index in [1.165, 1.54) is 6.07 Å². The lowest BCUT2D eigenvalue weighted by atomic mass is 10.1. The van der Waals surface area contributed by atoms with Crippen LogP contribution in [0.15, 0.2) is 17.0 Å². The molecule has 0 amide bonds. The van der Waals surface area contributed by atoms with Gasteiger partial charge < -0.3 is 5.41 Å². The first-order valence-electron chi connectivity index (χ1n) is 4.57. The van der Waals surface area contributed by atoms with Gasteiger partial charge in [-0.2, -0.15) is 0 Å². The number of nitrogens with one attached hydrogen (secondary N) is 1. The zero-order chi connectivity index (χ0) is 11.3. The van der Waals surface area contributed by atoms with E-state index in [1.807, 2.05) is 13.8 Å². The van der Waals surface area contributed by atoms with Crippen LogP contribution in [0.2, 0.25) is 0 Å². The molecule has 0 aliphatic heterocycles. The first-order valence-corrected chi connectivity index (χ1v) is 5.01. The van der Waals surface area contributed by atoms with Crippen molar-refractivity contribution in [3.63, 3.8) is 0 Å². The van der Waals surface area contributed by atoms with Gasteiger partial charge in [0.25, 0.3) is 0 Å². The molecule has 3 heteroatoms. The van der Waals surface area contributed by atoms with Crippen molar-refractivity contribution in [1.82, 2.24) is 0 Å². The van der Waals surface area contributed by atoms with Crippen LogP contribution in [0.25, 0.3) is 0 Å². The van der Waals surface area contributed by atoms with E-state index in [1.54, 1.807) is 19.9 Å². The van der Waals surface area contributed by atoms with E-state index in [4.69, 9.17) is 5.41 Å². The first kappa shape index (κ1) is 13.2. The van der Waals surface area contributed by atoms with E-state index in [-0.39, 0.29) is 11.5 Å². The largest absolute Gasteiger partial charge is 0.305 e.